The van der Waals surface area contributed by atoms with E-state index in [4.69, 9.17) is 10.5 Å². The molecule has 0 spiro atoms. The summed E-state index contributed by atoms with van der Waals surface area (Å²) in [4.78, 5) is 11.3. The molecule has 0 radical (unpaired) electrons. The van der Waals surface area contributed by atoms with Gasteiger partial charge in [-0.05, 0) is 23.1 Å². The topological polar surface area (TPSA) is 64.3 Å². The molecule has 4 nitrogen and oxygen atoms in total. The molecule has 1 aromatic rings. The molecule has 21 heavy (non-hydrogen) atoms. The number of nitrogens with one attached hydrogen (secondary N) is 1. The number of hydrogen-bond acceptors (Lipinski definition) is 3. The van der Waals surface area contributed by atoms with Gasteiger partial charge in [0.2, 0.25) is 5.91 Å². The van der Waals surface area contributed by atoms with Gasteiger partial charge in [0.1, 0.15) is 5.75 Å². The van der Waals surface area contributed by atoms with E-state index in [1.54, 1.807) is 0 Å². The third-order valence-electron chi connectivity index (χ3n) is 3.27. The van der Waals surface area contributed by atoms with E-state index in [-0.39, 0.29) is 23.4 Å². The standard InChI is InChI=1S/C17H28N2O2/c1-12(2)19-15(16(18)20)10-11-21-14-8-6-13(7-9-14)17(3,4)5/h6-9,12,15,19H,10-11H2,1-5H3,(H2,18,20). The Hall–Kier alpha value is -1.55. The Bertz CT molecular complexity index is 447. The molecule has 0 heterocycles. The number of nitrogens with two attached hydrogens (primary N) is 1. The van der Waals surface area contributed by atoms with Crippen molar-refractivity contribution in [1.82, 2.24) is 5.32 Å². The van der Waals surface area contributed by atoms with Crippen molar-refractivity contribution in [1.29, 1.82) is 0 Å². The predicted octanol–water partition coefficient (Wildman–Crippen LogP) is 2.60. The van der Waals surface area contributed by atoms with Crippen LogP contribution in [-0.4, -0.2) is 24.6 Å². The minimum atomic E-state index is -0.348. The van der Waals surface area contributed by atoms with Crippen LogP contribution in [0.5, 0.6) is 5.75 Å². The van der Waals surface area contributed by atoms with Crippen molar-refractivity contribution in [2.45, 2.75) is 58.5 Å². The molecule has 1 atom stereocenters. The van der Waals surface area contributed by atoms with E-state index in [0.717, 1.165) is 5.75 Å². The number of rotatable bonds is 7. The fourth-order valence-corrected chi connectivity index (χ4v) is 2.06. The zero-order chi connectivity index (χ0) is 16.0. The smallest absolute Gasteiger partial charge is 0.234 e. The molecule has 0 fully saturated rings. The van der Waals surface area contributed by atoms with Crippen LogP contribution in [0.15, 0.2) is 24.3 Å². The summed E-state index contributed by atoms with van der Waals surface area (Å²) in [6.07, 6.45) is 0.564. The van der Waals surface area contributed by atoms with Crippen molar-refractivity contribution in [2.24, 2.45) is 5.73 Å². The van der Waals surface area contributed by atoms with Gasteiger partial charge in [0, 0.05) is 12.5 Å². The highest BCUT2D eigenvalue weighted by Gasteiger charge is 2.16. The largest absolute Gasteiger partial charge is 0.494 e. The normalized spacial score (nSPS) is 13.2. The molecule has 1 rings (SSSR count). The first-order valence-electron chi connectivity index (χ1n) is 7.49. The van der Waals surface area contributed by atoms with Crippen LogP contribution in [-0.2, 0) is 10.2 Å². The van der Waals surface area contributed by atoms with Gasteiger partial charge in [-0.25, -0.2) is 0 Å². The van der Waals surface area contributed by atoms with Crippen LogP contribution in [0.4, 0.5) is 0 Å². The van der Waals surface area contributed by atoms with Gasteiger partial charge in [-0.15, -0.1) is 0 Å². The molecule has 1 unspecified atom stereocenters. The Labute approximate surface area is 128 Å². The van der Waals surface area contributed by atoms with E-state index in [0.29, 0.717) is 13.0 Å². The fraction of sp³-hybridized carbons (Fsp3) is 0.588. The van der Waals surface area contributed by atoms with Gasteiger partial charge >= 0.3 is 0 Å². The Balaban J connectivity index is 2.50. The highest BCUT2D eigenvalue weighted by atomic mass is 16.5. The molecule has 0 aliphatic heterocycles. The number of primary amides is 1. The van der Waals surface area contributed by atoms with Crippen molar-refractivity contribution in [3.05, 3.63) is 29.8 Å². The summed E-state index contributed by atoms with van der Waals surface area (Å²) in [6, 6.07) is 7.96. The van der Waals surface area contributed by atoms with Gasteiger partial charge in [0.15, 0.2) is 0 Å². The van der Waals surface area contributed by atoms with Crippen molar-refractivity contribution < 1.29 is 9.53 Å². The van der Waals surface area contributed by atoms with Gasteiger partial charge in [-0.1, -0.05) is 46.8 Å². The summed E-state index contributed by atoms with van der Waals surface area (Å²) in [5.41, 5.74) is 6.78. The molecule has 1 aromatic carbocycles. The summed E-state index contributed by atoms with van der Waals surface area (Å²) < 4.78 is 5.69. The Morgan fingerprint density at radius 2 is 1.81 bits per heavy atom. The third-order valence-corrected chi connectivity index (χ3v) is 3.27. The molecular formula is C17H28N2O2. The maximum absolute atomic E-state index is 11.3. The molecule has 118 valence electrons. The molecule has 0 bridgehead atoms. The van der Waals surface area contributed by atoms with Crippen LogP contribution in [0.2, 0.25) is 0 Å². The number of amides is 1. The number of carbonyl (C=O) groups excluding carboxylic acids is 1. The first kappa shape index (κ1) is 17.5. The molecule has 0 aliphatic rings. The van der Waals surface area contributed by atoms with Crippen LogP contribution >= 0.6 is 0 Å². The summed E-state index contributed by atoms with van der Waals surface area (Å²) >= 11 is 0. The number of benzene rings is 1. The molecule has 0 saturated carbocycles. The van der Waals surface area contributed by atoms with Crippen LogP contribution in [0, 0.1) is 0 Å². The average molecular weight is 292 g/mol. The maximum atomic E-state index is 11.3. The Kier molecular flexibility index (Phi) is 6.21. The van der Waals surface area contributed by atoms with Gasteiger partial charge in [0.05, 0.1) is 12.6 Å². The second kappa shape index (κ2) is 7.46. The molecule has 1 amide bonds. The Morgan fingerprint density at radius 1 is 1.24 bits per heavy atom. The lowest BCUT2D eigenvalue weighted by atomic mass is 9.87. The monoisotopic (exact) mass is 292 g/mol. The lowest BCUT2D eigenvalue weighted by Gasteiger charge is -2.20. The lowest BCUT2D eigenvalue weighted by Crippen LogP contribution is -2.45. The van der Waals surface area contributed by atoms with Crippen molar-refractivity contribution in [2.75, 3.05) is 6.61 Å². The van der Waals surface area contributed by atoms with Crippen molar-refractivity contribution >= 4 is 5.91 Å². The maximum Gasteiger partial charge on any atom is 0.234 e. The summed E-state index contributed by atoms with van der Waals surface area (Å²) in [5, 5.41) is 3.14. The minimum Gasteiger partial charge on any atom is -0.494 e. The first-order chi connectivity index (χ1) is 9.70. The summed E-state index contributed by atoms with van der Waals surface area (Å²) in [5.74, 6) is 0.478. The predicted molar refractivity (Wildman–Crippen MR) is 86.5 cm³/mol. The number of hydrogen-bond donors (Lipinski definition) is 2. The lowest BCUT2D eigenvalue weighted by molar-refractivity contribution is -0.120. The van der Waals surface area contributed by atoms with E-state index < -0.39 is 0 Å². The van der Waals surface area contributed by atoms with E-state index in [1.165, 1.54) is 5.56 Å². The molecule has 0 saturated heterocycles. The van der Waals surface area contributed by atoms with Crippen molar-refractivity contribution in [3.8, 4) is 5.75 Å². The van der Waals surface area contributed by atoms with Crippen LogP contribution in [0.1, 0.15) is 46.6 Å². The highest BCUT2D eigenvalue weighted by molar-refractivity contribution is 5.79. The zero-order valence-electron chi connectivity index (χ0n) is 13.8. The van der Waals surface area contributed by atoms with Crippen LogP contribution < -0.4 is 15.8 Å². The van der Waals surface area contributed by atoms with E-state index >= 15 is 0 Å². The molecule has 3 N–H and O–H groups in total. The second-order valence-corrected chi connectivity index (χ2v) is 6.69. The van der Waals surface area contributed by atoms with Gasteiger partial charge in [-0.3, -0.25) is 4.79 Å². The minimum absolute atomic E-state index is 0.136. The van der Waals surface area contributed by atoms with Gasteiger partial charge in [0.25, 0.3) is 0 Å². The van der Waals surface area contributed by atoms with Crippen LogP contribution in [0.25, 0.3) is 0 Å². The third kappa shape index (κ3) is 6.17. The zero-order valence-corrected chi connectivity index (χ0v) is 13.8. The van der Waals surface area contributed by atoms with Gasteiger partial charge in [-0.2, -0.15) is 0 Å². The highest BCUT2D eigenvalue weighted by Crippen LogP contribution is 2.24. The SMILES string of the molecule is CC(C)NC(CCOc1ccc(C(C)(C)C)cc1)C(N)=O. The summed E-state index contributed by atoms with van der Waals surface area (Å²) in [6.45, 7) is 11.0. The Morgan fingerprint density at radius 3 is 2.24 bits per heavy atom. The molecule has 4 heteroatoms. The second-order valence-electron chi connectivity index (χ2n) is 6.69. The molecule has 0 aromatic heterocycles. The average Bonchev–Trinajstić information content (AvgIpc) is 2.36. The van der Waals surface area contributed by atoms with E-state index in [2.05, 4.69) is 38.2 Å². The van der Waals surface area contributed by atoms with E-state index in [9.17, 15) is 4.79 Å². The molecule has 0 aliphatic carbocycles. The van der Waals surface area contributed by atoms with E-state index in [1.807, 2.05) is 26.0 Å². The number of carbonyl (C=O) groups is 1. The van der Waals surface area contributed by atoms with Gasteiger partial charge < -0.3 is 15.8 Å². The van der Waals surface area contributed by atoms with Crippen molar-refractivity contribution in [3.63, 3.8) is 0 Å². The fourth-order valence-electron chi connectivity index (χ4n) is 2.06. The first-order valence-corrected chi connectivity index (χ1v) is 7.49. The number of ether oxygens (including phenoxy) is 1. The molecular weight excluding hydrogens is 264 g/mol. The van der Waals surface area contributed by atoms with Crippen LogP contribution in [0.3, 0.4) is 0 Å². The quantitative estimate of drug-likeness (QED) is 0.812. The summed E-state index contributed by atoms with van der Waals surface area (Å²) in [7, 11) is 0.